The predicted octanol–water partition coefficient (Wildman–Crippen LogP) is 1.31. The van der Waals surface area contributed by atoms with Crippen LogP contribution in [0, 0.1) is 0 Å². The molecule has 0 spiro atoms. The van der Waals surface area contributed by atoms with E-state index in [-0.39, 0.29) is 13.1 Å². The number of nitrogens with zero attached hydrogens (tertiary/aromatic N) is 2. The minimum atomic E-state index is -3.83. The van der Waals surface area contributed by atoms with E-state index in [1.54, 1.807) is 31.4 Å². The Morgan fingerprint density at radius 3 is 2.83 bits per heavy atom. The van der Waals surface area contributed by atoms with E-state index in [1.807, 2.05) is 0 Å². The lowest BCUT2D eigenvalue weighted by Gasteiger charge is -2.34. The SMILES string of the molecule is COc1cccc(CN(C)S(=O)(=O)N2CCCC[C@H]2C(=O)O)c1. The average Bonchev–Trinajstić information content (AvgIpc) is 2.54. The molecule has 0 amide bonds. The molecule has 1 atom stereocenters. The van der Waals surface area contributed by atoms with E-state index in [0.717, 1.165) is 16.3 Å². The topological polar surface area (TPSA) is 87.2 Å². The maximum absolute atomic E-state index is 12.7. The summed E-state index contributed by atoms with van der Waals surface area (Å²) in [5.41, 5.74) is 0.777. The zero-order chi connectivity index (χ0) is 17.0. The van der Waals surface area contributed by atoms with Gasteiger partial charge in [0.1, 0.15) is 11.8 Å². The molecule has 0 bridgehead atoms. The lowest BCUT2D eigenvalue weighted by molar-refractivity contribution is -0.142. The number of hydrogen-bond donors (Lipinski definition) is 1. The number of piperidine rings is 1. The highest BCUT2D eigenvalue weighted by atomic mass is 32.2. The Hall–Kier alpha value is -1.64. The Labute approximate surface area is 136 Å². The first-order chi connectivity index (χ1) is 10.9. The van der Waals surface area contributed by atoms with E-state index in [2.05, 4.69) is 0 Å². The van der Waals surface area contributed by atoms with Crippen molar-refractivity contribution < 1.29 is 23.1 Å². The van der Waals surface area contributed by atoms with Crippen LogP contribution in [0.2, 0.25) is 0 Å². The van der Waals surface area contributed by atoms with Crippen molar-refractivity contribution in [3.8, 4) is 5.75 Å². The summed E-state index contributed by atoms with van der Waals surface area (Å²) in [5, 5.41) is 9.27. The number of aliphatic carboxylic acids is 1. The Balaban J connectivity index is 2.18. The van der Waals surface area contributed by atoms with Crippen molar-refractivity contribution in [2.75, 3.05) is 20.7 Å². The summed E-state index contributed by atoms with van der Waals surface area (Å²) >= 11 is 0. The van der Waals surface area contributed by atoms with Gasteiger partial charge in [-0.2, -0.15) is 17.0 Å². The van der Waals surface area contributed by atoms with Crippen LogP contribution >= 0.6 is 0 Å². The number of carbonyl (C=O) groups is 1. The number of benzene rings is 1. The predicted molar refractivity (Wildman–Crippen MR) is 85.4 cm³/mol. The van der Waals surface area contributed by atoms with Crippen LogP contribution in [0.5, 0.6) is 5.75 Å². The number of ether oxygens (including phenoxy) is 1. The van der Waals surface area contributed by atoms with Gasteiger partial charge < -0.3 is 9.84 Å². The van der Waals surface area contributed by atoms with Gasteiger partial charge in [0.25, 0.3) is 10.2 Å². The second-order valence-corrected chi connectivity index (χ2v) is 7.56. The molecule has 1 aromatic rings. The van der Waals surface area contributed by atoms with Crippen LogP contribution in [0.4, 0.5) is 0 Å². The smallest absolute Gasteiger partial charge is 0.322 e. The molecule has 2 rings (SSSR count). The minimum Gasteiger partial charge on any atom is -0.497 e. The van der Waals surface area contributed by atoms with Gasteiger partial charge in [-0.1, -0.05) is 12.1 Å². The second kappa shape index (κ2) is 7.29. The lowest BCUT2D eigenvalue weighted by atomic mass is 10.1. The highest BCUT2D eigenvalue weighted by Gasteiger charge is 2.38. The van der Waals surface area contributed by atoms with Gasteiger partial charge in [0.2, 0.25) is 0 Å². The van der Waals surface area contributed by atoms with Gasteiger partial charge in [0, 0.05) is 20.1 Å². The Morgan fingerprint density at radius 1 is 1.43 bits per heavy atom. The van der Waals surface area contributed by atoms with Gasteiger partial charge in [-0.3, -0.25) is 4.79 Å². The monoisotopic (exact) mass is 342 g/mol. The third-order valence-electron chi connectivity index (χ3n) is 3.97. The highest BCUT2D eigenvalue weighted by molar-refractivity contribution is 7.86. The molecule has 1 aromatic carbocycles. The quantitative estimate of drug-likeness (QED) is 0.842. The van der Waals surface area contributed by atoms with Crippen molar-refractivity contribution in [2.45, 2.75) is 31.8 Å². The van der Waals surface area contributed by atoms with Crippen molar-refractivity contribution in [1.29, 1.82) is 0 Å². The summed E-state index contributed by atoms with van der Waals surface area (Å²) in [6.07, 6.45) is 1.75. The van der Waals surface area contributed by atoms with Crippen molar-refractivity contribution >= 4 is 16.2 Å². The molecule has 1 fully saturated rings. The van der Waals surface area contributed by atoms with Gasteiger partial charge in [-0.15, -0.1) is 0 Å². The van der Waals surface area contributed by atoms with Crippen molar-refractivity contribution in [3.05, 3.63) is 29.8 Å². The van der Waals surface area contributed by atoms with Crippen LogP contribution in [-0.4, -0.2) is 54.8 Å². The molecule has 23 heavy (non-hydrogen) atoms. The summed E-state index contributed by atoms with van der Waals surface area (Å²) < 4.78 is 32.8. The summed E-state index contributed by atoms with van der Waals surface area (Å²) in [5.74, 6) is -0.447. The molecule has 8 heteroatoms. The van der Waals surface area contributed by atoms with Crippen molar-refractivity contribution in [2.24, 2.45) is 0 Å². The summed E-state index contributed by atoms with van der Waals surface area (Å²) in [4.78, 5) is 11.3. The van der Waals surface area contributed by atoms with Crippen molar-refractivity contribution in [1.82, 2.24) is 8.61 Å². The number of rotatable bonds is 6. The fourth-order valence-corrected chi connectivity index (χ4v) is 4.26. The first kappa shape index (κ1) is 17.7. The number of carboxylic acid groups (broad SMARTS) is 1. The van der Waals surface area contributed by atoms with Crippen LogP contribution in [0.25, 0.3) is 0 Å². The number of methoxy groups -OCH3 is 1. The summed E-state index contributed by atoms with van der Waals surface area (Å²) in [6.45, 7) is 0.393. The second-order valence-electron chi connectivity index (χ2n) is 5.58. The van der Waals surface area contributed by atoms with E-state index in [1.165, 1.54) is 11.4 Å². The normalized spacial score (nSPS) is 19.7. The van der Waals surface area contributed by atoms with Gasteiger partial charge in [-0.25, -0.2) is 0 Å². The summed E-state index contributed by atoms with van der Waals surface area (Å²) in [6, 6.07) is 6.15. The maximum atomic E-state index is 12.7. The van der Waals surface area contributed by atoms with Gasteiger partial charge in [0.15, 0.2) is 0 Å². The van der Waals surface area contributed by atoms with E-state index in [9.17, 15) is 18.3 Å². The molecule has 128 valence electrons. The Morgan fingerprint density at radius 2 is 2.17 bits per heavy atom. The fourth-order valence-electron chi connectivity index (χ4n) is 2.72. The first-order valence-electron chi connectivity index (χ1n) is 7.45. The van der Waals surface area contributed by atoms with Gasteiger partial charge in [-0.05, 0) is 37.0 Å². The van der Waals surface area contributed by atoms with Crippen LogP contribution in [0.3, 0.4) is 0 Å². The molecule has 0 unspecified atom stereocenters. The Bertz CT molecular complexity index is 662. The van der Waals surface area contributed by atoms with Crippen molar-refractivity contribution in [3.63, 3.8) is 0 Å². The minimum absolute atomic E-state index is 0.155. The van der Waals surface area contributed by atoms with E-state index >= 15 is 0 Å². The molecule has 1 N–H and O–H groups in total. The van der Waals surface area contributed by atoms with Crippen LogP contribution in [-0.2, 0) is 21.5 Å². The largest absolute Gasteiger partial charge is 0.497 e. The fraction of sp³-hybridized carbons (Fsp3) is 0.533. The number of carboxylic acids is 1. The van der Waals surface area contributed by atoms with Crippen LogP contribution < -0.4 is 4.74 Å². The molecule has 1 heterocycles. The third kappa shape index (κ3) is 4.01. The average molecular weight is 342 g/mol. The molecule has 0 radical (unpaired) electrons. The molecule has 7 nitrogen and oxygen atoms in total. The van der Waals surface area contributed by atoms with Gasteiger partial charge >= 0.3 is 5.97 Å². The number of hydrogen-bond acceptors (Lipinski definition) is 4. The maximum Gasteiger partial charge on any atom is 0.322 e. The van der Waals surface area contributed by atoms with E-state index in [0.29, 0.717) is 18.6 Å². The standard InChI is InChI=1S/C15H22N2O5S/c1-16(11-12-6-5-7-13(10-12)22-2)23(20,21)17-9-4-3-8-14(17)15(18)19/h5-7,10,14H,3-4,8-9,11H2,1-2H3,(H,18,19)/t14-/m0/s1. The molecule has 1 aliphatic heterocycles. The first-order valence-corrected chi connectivity index (χ1v) is 8.85. The molecule has 1 saturated heterocycles. The van der Waals surface area contributed by atoms with Crippen LogP contribution in [0.1, 0.15) is 24.8 Å². The van der Waals surface area contributed by atoms with Crippen LogP contribution in [0.15, 0.2) is 24.3 Å². The molecule has 1 aliphatic rings. The molecular weight excluding hydrogens is 320 g/mol. The summed E-state index contributed by atoms with van der Waals surface area (Å²) in [7, 11) is -0.822. The zero-order valence-electron chi connectivity index (χ0n) is 13.3. The molecule has 0 saturated carbocycles. The highest BCUT2D eigenvalue weighted by Crippen LogP contribution is 2.24. The Kier molecular flexibility index (Phi) is 5.61. The molecule has 0 aromatic heterocycles. The molecule has 0 aliphatic carbocycles. The van der Waals surface area contributed by atoms with Gasteiger partial charge in [0.05, 0.1) is 7.11 Å². The molecular formula is C15H22N2O5S. The van der Waals surface area contributed by atoms with E-state index < -0.39 is 22.2 Å². The zero-order valence-corrected chi connectivity index (χ0v) is 14.1. The third-order valence-corrected chi connectivity index (χ3v) is 5.91. The lowest BCUT2D eigenvalue weighted by Crippen LogP contribution is -2.52. The van der Waals surface area contributed by atoms with E-state index in [4.69, 9.17) is 4.74 Å².